The van der Waals surface area contributed by atoms with Crippen LogP contribution >= 0.6 is 0 Å². The Morgan fingerprint density at radius 3 is 2.50 bits per heavy atom. The molecule has 18 heavy (non-hydrogen) atoms. The van der Waals surface area contributed by atoms with Crippen molar-refractivity contribution in [2.24, 2.45) is 0 Å². The maximum Gasteiger partial charge on any atom is 0.221 e. The SMILES string of the molecule is CC(=O)Nc1cccc(Oc2ccc(N)cc2)c1. The first kappa shape index (κ1) is 12.0. The van der Waals surface area contributed by atoms with Crippen LogP contribution in [0.3, 0.4) is 0 Å². The van der Waals surface area contributed by atoms with Crippen LogP contribution in [0.4, 0.5) is 11.4 Å². The Kier molecular flexibility index (Phi) is 3.48. The van der Waals surface area contributed by atoms with Gasteiger partial charge in [-0.25, -0.2) is 0 Å². The van der Waals surface area contributed by atoms with Crippen molar-refractivity contribution in [1.82, 2.24) is 0 Å². The second-order valence-electron chi connectivity index (χ2n) is 3.88. The van der Waals surface area contributed by atoms with E-state index in [4.69, 9.17) is 10.5 Å². The molecular weight excluding hydrogens is 228 g/mol. The van der Waals surface area contributed by atoms with E-state index in [1.165, 1.54) is 6.92 Å². The minimum atomic E-state index is -0.111. The number of rotatable bonds is 3. The predicted molar refractivity (Wildman–Crippen MR) is 71.7 cm³/mol. The van der Waals surface area contributed by atoms with Gasteiger partial charge in [0.15, 0.2) is 0 Å². The Labute approximate surface area is 105 Å². The molecule has 0 aliphatic heterocycles. The minimum Gasteiger partial charge on any atom is -0.457 e. The molecule has 0 saturated carbocycles. The van der Waals surface area contributed by atoms with Crippen LogP contribution in [0, 0.1) is 0 Å². The zero-order valence-electron chi connectivity index (χ0n) is 10.0. The fraction of sp³-hybridized carbons (Fsp3) is 0.0714. The van der Waals surface area contributed by atoms with Gasteiger partial charge in [0, 0.05) is 24.4 Å². The molecule has 0 aromatic heterocycles. The Balaban J connectivity index is 2.13. The molecule has 2 aromatic rings. The quantitative estimate of drug-likeness (QED) is 0.813. The van der Waals surface area contributed by atoms with E-state index < -0.39 is 0 Å². The van der Waals surface area contributed by atoms with Gasteiger partial charge < -0.3 is 15.8 Å². The molecule has 0 saturated heterocycles. The summed E-state index contributed by atoms with van der Waals surface area (Å²) in [6.45, 7) is 1.47. The lowest BCUT2D eigenvalue weighted by Gasteiger charge is -2.08. The van der Waals surface area contributed by atoms with Gasteiger partial charge >= 0.3 is 0 Å². The summed E-state index contributed by atoms with van der Waals surface area (Å²) >= 11 is 0. The van der Waals surface area contributed by atoms with Crippen molar-refractivity contribution < 1.29 is 9.53 Å². The highest BCUT2D eigenvalue weighted by Gasteiger charge is 2.00. The molecule has 0 aliphatic rings. The fourth-order valence-corrected chi connectivity index (χ4v) is 1.51. The number of amides is 1. The first-order valence-electron chi connectivity index (χ1n) is 5.54. The van der Waals surface area contributed by atoms with Gasteiger partial charge in [0.25, 0.3) is 0 Å². The summed E-state index contributed by atoms with van der Waals surface area (Å²) in [6.07, 6.45) is 0. The van der Waals surface area contributed by atoms with Gasteiger partial charge in [0.2, 0.25) is 5.91 Å². The van der Waals surface area contributed by atoms with Gasteiger partial charge in [-0.1, -0.05) is 6.07 Å². The number of carbonyl (C=O) groups excluding carboxylic acids is 1. The smallest absolute Gasteiger partial charge is 0.221 e. The average molecular weight is 242 g/mol. The summed E-state index contributed by atoms with van der Waals surface area (Å²) in [5.74, 6) is 1.25. The van der Waals surface area contributed by atoms with E-state index in [1.807, 2.05) is 12.1 Å². The number of hydrogen-bond acceptors (Lipinski definition) is 3. The number of anilines is 2. The first-order chi connectivity index (χ1) is 8.63. The van der Waals surface area contributed by atoms with Gasteiger partial charge in [0.05, 0.1) is 0 Å². The monoisotopic (exact) mass is 242 g/mol. The number of nitrogens with one attached hydrogen (secondary N) is 1. The van der Waals surface area contributed by atoms with E-state index in [2.05, 4.69) is 5.32 Å². The van der Waals surface area contributed by atoms with Crippen LogP contribution in [0.2, 0.25) is 0 Å². The lowest BCUT2D eigenvalue weighted by Crippen LogP contribution is -2.05. The molecule has 4 nitrogen and oxygen atoms in total. The average Bonchev–Trinajstić information content (AvgIpc) is 2.32. The topological polar surface area (TPSA) is 64.3 Å². The molecule has 0 bridgehead atoms. The first-order valence-corrected chi connectivity index (χ1v) is 5.54. The molecule has 0 atom stereocenters. The zero-order chi connectivity index (χ0) is 13.0. The predicted octanol–water partition coefficient (Wildman–Crippen LogP) is 3.02. The Morgan fingerprint density at radius 2 is 1.83 bits per heavy atom. The van der Waals surface area contributed by atoms with Crippen LogP contribution in [0.5, 0.6) is 11.5 Å². The Bertz CT molecular complexity index is 550. The highest BCUT2D eigenvalue weighted by Crippen LogP contribution is 2.24. The number of nitrogens with two attached hydrogens (primary N) is 1. The number of ether oxygens (including phenoxy) is 1. The van der Waals surface area contributed by atoms with Crippen molar-refractivity contribution in [2.75, 3.05) is 11.1 Å². The van der Waals surface area contributed by atoms with Crippen LogP contribution in [-0.2, 0) is 4.79 Å². The third-order valence-corrected chi connectivity index (χ3v) is 2.27. The van der Waals surface area contributed by atoms with E-state index in [0.29, 0.717) is 22.9 Å². The van der Waals surface area contributed by atoms with Crippen LogP contribution in [-0.4, -0.2) is 5.91 Å². The Hall–Kier alpha value is -2.49. The van der Waals surface area contributed by atoms with Gasteiger partial charge in [-0.05, 0) is 36.4 Å². The maximum atomic E-state index is 11.0. The molecule has 0 spiro atoms. The zero-order valence-corrected chi connectivity index (χ0v) is 10.0. The maximum absolute atomic E-state index is 11.0. The largest absolute Gasteiger partial charge is 0.457 e. The number of hydrogen-bond donors (Lipinski definition) is 2. The molecule has 92 valence electrons. The molecule has 4 heteroatoms. The summed E-state index contributed by atoms with van der Waals surface area (Å²) in [5, 5.41) is 2.70. The molecule has 3 N–H and O–H groups in total. The van der Waals surface area contributed by atoms with E-state index in [1.54, 1.807) is 36.4 Å². The van der Waals surface area contributed by atoms with Gasteiger partial charge in [-0.2, -0.15) is 0 Å². The van der Waals surface area contributed by atoms with Gasteiger partial charge in [-0.3, -0.25) is 4.79 Å². The van der Waals surface area contributed by atoms with Gasteiger partial charge in [0.1, 0.15) is 11.5 Å². The summed E-state index contributed by atoms with van der Waals surface area (Å²) in [6, 6.07) is 14.3. The van der Waals surface area contributed by atoms with Crippen LogP contribution in [0.15, 0.2) is 48.5 Å². The van der Waals surface area contributed by atoms with Crippen LogP contribution < -0.4 is 15.8 Å². The standard InChI is InChI=1S/C14H14N2O2/c1-10(17)16-12-3-2-4-14(9-12)18-13-7-5-11(15)6-8-13/h2-9H,15H2,1H3,(H,16,17). The third kappa shape index (κ3) is 3.25. The van der Waals surface area contributed by atoms with E-state index >= 15 is 0 Å². The Morgan fingerprint density at radius 1 is 1.11 bits per heavy atom. The second-order valence-corrected chi connectivity index (χ2v) is 3.88. The van der Waals surface area contributed by atoms with E-state index in [0.717, 1.165) is 0 Å². The van der Waals surface area contributed by atoms with E-state index in [-0.39, 0.29) is 5.91 Å². The molecule has 0 fully saturated rings. The molecule has 0 radical (unpaired) electrons. The fourth-order valence-electron chi connectivity index (χ4n) is 1.51. The number of nitrogen functional groups attached to an aromatic ring is 1. The van der Waals surface area contributed by atoms with Gasteiger partial charge in [-0.15, -0.1) is 0 Å². The molecular formula is C14H14N2O2. The molecule has 0 aliphatic carbocycles. The molecule has 0 heterocycles. The van der Waals surface area contributed by atoms with Crippen molar-refractivity contribution in [1.29, 1.82) is 0 Å². The molecule has 1 amide bonds. The van der Waals surface area contributed by atoms with Crippen molar-refractivity contribution in [3.63, 3.8) is 0 Å². The van der Waals surface area contributed by atoms with E-state index in [9.17, 15) is 4.79 Å². The second kappa shape index (κ2) is 5.23. The highest BCUT2D eigenvalue weighted by atomic mass is 16.5. The number of benzene rings is 2. The summed E-state index contributed by atoms with van der Waals surface area (Å²) in [5.41, 5.74) is 6.99. The molecule has 2 rings (SSSR count). The van der Waals surface area contributed by atoms with Crippen molar-refractivity contribution in [3.8, 4) is 11.5 Å². The lowest BCUT2D eigenvalue weighted by molar-refractivity contribution is -0.114. The normalized spacial score (nSPS) is 9.83. The summed E-state index contributed by atoms with van der Waals surface area (Å²) in [7, 11) is 0. The number of carbonyl (C=O) groups is 1. The van der Waals surface area contributed by atoms with Crippen molar-refractivity contribution in [3.05, 3.63) is 48.5 Å². The lowest BCUT2D eigenvalue weighted by atomic mass is 10.3. The minimum absolute atomic E-state index is 0.111. The summed E-state index contributed by atoms with van der Waals surface area (Å²) in [4.78, 5) is 11.0. The van der Waals surface area contributed by atoms with Crippen LogP contribution in [0.25, 0.3) is 0 Å². The van der Waals surface area contributed by atoms with Crippen LogP contribution in [0.1, 0.15) is 6.92 Å². The van der Waals surface area contributed by atoms with Crippen molar-refractivity contribution >= 4 is 17.3 Å². The summed E-state index contributed by atoms with van der Waals surface area (Å²) < 4.78 is 5.65. The highest BCUT2D eigenvalue weighted by molar-refractivity contribution is 5.88. The molecule has 0 unspecified atom stereocenters. The van der Waals surface area contributed by atoms with Crippen molar-refractivity contribution in [2.45, 2.75) is 6.92 Å². The third-order valence-electron chi connectivity index (χ3n) is 2.27. The molecule has 2 aromatic carbocycles.